The molecule has 0 atom stereocenters. The van der Waals surface area contributed by atoms with Crippen molar-refractivity contribution in [2.24, 2.45) is 0 Å². The summed E-state index contributed by atoms with van der Waals surface area (Å²) in [6.45, 7) is 3.67. The molecular weight excluding hydrogens is 231 g/mol. The van der Waals surface area contributed by atoms with Crippen molar-refractivity contribution in [3.05, 3.63) is 58.9 Å². The van der Waals surface area contributed by atoms with E-state index < -0.39 is 0 Å². The van der Waals surface area contributed by atoms with Crippen LogP contribution in [0, 0.1) is 19.7 Å². The predicted octanol–water partition coefficient (Wildman–Crippen LogP) is 4.05. The minimum absolute atomic E-state index is 0.293. The molecule has 0 bridgehead atoms. The molecule has 2 aromatic carbocycles. The molecule has 0 heterocycles. The molecule has 0 saturated heterocycles. The maximum Gasteiger partial charge on any atom is 0.150 e. The average molecular weight is 244 g/mol. The molecule has 0 aliphatic rings. The molecule has 0 amide bonds. The van der Waals surface area contributed by atoms with Crippen molar-refractivity contribution in [1.29, 1.82) is 0 Å². The van der Waals surface area contributed by atoms with Gasteiger partial charge in [0, 0.05) is 5.56 Å². The summed E-state index contributed by atoms with van der Waals surface area (Å²) in [5.74, 6) is 0.898. The second kappa shape index (κ2) is 5.00. The zero-order chi connectivity index (χ0) is 13.1. The summed E-state index contributed by atoms with van der Waals surface area (Å²) >= 11 is 0. The monoisotopic (exact) mass is 244 g/mol. The van der Waals surface area contributed by atoms with E-state index in [4.69, 9.17) is 4.74 Å². The van der Waals surface area contributed by atoms with Gasteiger partial charge in [-0.15, -0.1) is 0 Å². The number of hydrogen-bond acceptors (Lipinski definition) is 2. The summed E-state index contributed by atoms with van der Waals surface area (Å²) in [6, 6.07) is 9.56. The van der Waals surface area contributed by atoms with Crippen molar-refractivity contribution in [2.45, 2.75) is 13.8 Å². The van der Waals surface area contributed by atoms with Crippen LogP contribution in [0.1, 0.15) is 21.5 Å². The van der Waals surface area contributed by atoms with Crippen molar-refractivity contribution >= 4 is 6.29 Å². The number of aldehydes is 1. The zero-order valence-corrected chi connectivity index (χ0v) is 10.2. The first-order valence-electron chi connectivity index (χ1n) is 5.60. The Morgan fingerprint density at radius 2 is 1.78 bits per heavy atom. The Bertz CT molecular complexity index is 591. The van der Waals surface area contributed by atoms with Crippen LogP contribution in [0.3, 0.4) is 0 Å². The quantitative estimate of drug-likeness (QED) is 0.761. The Morgan fingerprint density at radius 3 is 2.44 bits per heavy atom. The highest BCUT2D eigenvalue weighted by molar-refractivity contribution is 5.76. The third kappa shape index (κ3) is 2.56. The Labute approximate surface area is 105 Å². The highest BCUT2D eigenvalue weighted by Gasteiger charge is 2.06. The summed E-state index contributed by atoms with van der Waals surface area (Å²) in [4.78, 5) is 10.7. The van der Waals surface area contributed by atoms with E-state index in [1.54, 1.807) is 25.1 Å². The molecule has 2 rings (SSSR count). The van der Waals surface area contributed by atoms with Crippen molar-refractivity contribution in [1.82, 2.24) is 0 Å². The first-order valence-corrected chi connectivity index (χ1v) is 5.60. The number of aryl methyl sites for hydroxylation is 2. The van der Waals surface area contributed by atoms with Crippen molar-refractivity contribution in [2.75, 3.05) is 0 Å². The van der Waals surface area contributed by atoms with Gasteiger partial charge in [0.15, 0.2) is 0 Å². The van der Waals surface area contributed by atoms with Crippen LogP contribution in [0.15, 0.2) is 36.4 Å². The molecular formula is C15H13FO2. The smallest absolute Gasteiger partial charge is 0.150 e. The van der Waals surface area contributed by atoms with E-state index in [-0.39, 0.29) is 5.82 Å². The first-order chi connectivity index (χ1) is 8.60. The fourth-order valence-electron chi connectivity index (χ4n) is 1.65. The third-order valence-electron chi connectivity index (χ3n) is 2.71. The van der Waals surface area contributed by atoms with Gasteiger partial charge in [0.2, 0.25) is 0 Å². The van der Waals surface area contributed by atoms with Crippen molar-refractivity contribution in [3.63, 3.8) is 0 Å². The Hall–Kier alpha value is -2.16. The lowest BCUT2D eigenvalue weighted by molar-refractivity contribution is 0.112. The van der Waals surface area contributed by atoms with E-state index in [2.05, 4.69) is 0 Å². The van der Waals surface area contributed by atoms with Gasteiger partial charge >= 0.3 is 0 Å². The number of hydrogen-bond donors (Lipinski definition) is 0. The summed E-state index contributed by atoms with van der Waals surface area (Å²) in [5, 5.41) is 0. The Kier molecular flexibility index (Phi) is 3.42. The molecule has 2 nitrogen and oxygen atoms in total. The highest BCUT2D eigenvalue weighted by atomic mass is 19.1. The number of halogens is 1. The van der Waals surface area contributed by atoms with Crippen LogP contribution < -0.4 is 4.74 Å². The molecule has 0 spiro atoms. The van der Waals surface area contributed by atoms with Crippen LogP contribution in [0.4, 0.5) is 4.39 Å². The van der Waals surface area contributed by atoms with Gasteiger partial charge in [-0.3, -0.25) is 4.79 Å². The second-order valence-electron chi connectivity index (χ2n) is 4.15. The lowest BCUT2D eigenvalue weighted by Crippen LogP contribution is -1.92. The van der Waals surface area contributed by atoms with E-state index >= 15 is 0 Å². The van der Waals surface area contributed by atoms with E-state index in [1.165, 1.54) is 12.1 Å². The molecule has 0 aromatic heterocycles. The molecule has 2 aromatic rings. The van der Waals surface area contributed by atoms with Crippen LogP contribution in [0.5, 0.6) is 11.5 Å². The number of rotatable bonds is 3. The van der Waals surface area contributed by atoms with Crippen molar-refractivity contribution in [3.8, 4) is 11.5 Å². The number of ether oxygens (including phenoxy) is 1. The molecule has 0 radical (unpaired) electrons. The summed E-state index contributed by atoms with van der Waals surface area (Å²) in [6.07, 6.45) is 0.768. The maximum absolute atomic E-state index is 13.0. The molecule has 0 N–H and O–H groups in total. The standard InChI is InChI=1S/C15H13FO2/c1-10-3-4-12(9-17)8-15(10)18-14-6-5-13(16)7-11(14)2/h3-9H,1-2H3. The lowest BCUT2D eigenvalue weighted by Gasteiger charge is -2.11. The van der Waals surface area contributed by atoms with Gasteiger partial charge in [0.1, 0.15) is 23.6 Å². The van der Waals surface area contributed by atoms with E-state index in [1.807, 2.05) is 13.0 Å². The van der Waals surface area contributed by atoms with Gasteiger partial charge in [-0.05, 0) is 49.2 Å². The van der Waals surface area contributed by atoms with Crippen molar-refractivity contribution < 1.29 is 13.9 Å². The molecule has 3 heteroatoms. The normalized spacial score (nSPS) is 10.2. The average Bonchev–Trinajstić information content (AvgIpc) is 2.35. The molecule has 92 valence electrons. The summed E-state index contributed by atoms with van der Waals surface area (Å²) < 4.78 is 18.7. The van der Waals surface area contributed by atoms with Gasteiger partial charge in [-0.2, -0.15) is 0 Å². The number of carbonyl (C=O) groups excluding carboxylic acids is 1. The van der Waals surface area contributed by atoms with Crippen LogP contribution in [0.25, 0.3) is 0 Å². The summed E-state index contributed by atoms with van der Waals surface area (Å²) in [7, 11) is 0. The second-order valence-corrected chi connectivity index (χ2v) is 4.15. The van der Waals surface area contributed by atoms with Gasteiger partial charge in [-0.1, -0.05) is 12.1 Å². The molecule has 0 aliphatic heterocycles. The zero-order valence-electron chi connectivity index (χ0n) is 10.2. The molecule has 0 unspecified atom stereocenters. The maximum atomic E-state index is 13.0. The molecule has 18 heavy (non-hydrogen) atoms. The highest BCUT2D eigenvalue weighted by Crippen LogP contribution is 2.28. The number of benzene rings is 2. The van der Waals surface area contributed by atoms with E-state index in [9.17, 15) is 9.18 Å². The van der Waals surface area contributed by atoms with E-state index in [0.717, 1.165) is 11.8 Å². The summed E-state index contributed by atoms with van der Waals surface area (Å²) in [5.41, 5.74) is 2.19. The van der Waals surface area contributed by atoms with Gasteiger partial charge in [0.05, 0.1) is 0 Å². The van der Waals surface area contributed by atoms with Crippen LogP contribution in [-0.2, 0) is 0 Å². The topological polar surface area (TPSA) is 26.3 Å². The fraction of sp³-hybridized carbons (Fsp3) is 0.133. The predicted molar refractivity (Wildman–Crippen MR) is 67.8 cm³/mol. The minimum atomic E-state index is -0.293. The van der Waals surface area contributed by atoms with Gasteiger partial charge < -0.3 is 4.74 Å². The minimum Gasteiger partial charge on any atom is -0.457 e. The van der Waals surface area contributed by atoms with E-state index in [0.29, 0.717) is 22.6 Å². The first kappa shape index (κ1) is 12.3. The molecule has 0 saturated carbocycles. The Balaban J connectivity index is 2.36. The van der Waals surface area contributed by atoms with Crippen LogP contribution in [0.2, 0.25) is 0 Å². The fourth-order valence-corrected chi connectivity index (χ4v) is 1.65. The SMILES string of the molecule is Cc1cc(F)ccc1Oc1cc(C=O)ccc1C. The van der Waals surface area contributed by atoms with Gasteiger partial charge in [0.25, 0.3) is 0 Å². The van der Waals surface area contributed by atoms with Crippen LogP contribution in [-0.4, -0.2) is 6.29 Å². The Morgan fingerprint density at radius 1 is 1.00 bits per heavy atom. The largest absolute Gasteiger partial charge is 0.457 e. The van der Waals surface area contributed by atoms with Crippen LogP contribution >= 0.6 is 0 Å². The lowest BCUT2D eigenvalue weighted by atomic mass is 10.1. The third-order valence-corrected chi connectivity index (χ3v) is 2.71. The molecule has 0 aliphatic carbocycles. The number of carbonyl (C=O) groups is 1. The van der Waals surface area contributed by atoms with Gasteiger partial charge in [-0.25, -0.2) is 4.39 Å². The molecule has 0 fully saturated rings.